The van der Waals surface area contributed by atoms with Gasteiger partial charge in [-0.15, -0.1) is 24.8 Å². The van der Waals surface area contributed by atoms with E-state index in [1.165, 1.54) is 25.3 Å². The van der Waals surface area contributed by atoms with Crippen LogP contribution in [0.3, 0.4) is 0 Å². The van der Waals surface area contributed by atoms with Crippen LogP contribution >= 0.6 is 24.8 Å². The standard InChI is InChI=1S/C43H51N3O14.2ClH/c1-19(2)13-26(46-41(54)38(51)24(44)14-21-9-6-5-7-10-21)42(55)58-18-29(47)43(56)16-23-32(28(17-43)60-30-15-25(45)35(48)20(3)59-30)40(53)34-33(37(23)50)36(49)22-11-8-12-27(57-4)31(22)39(34)52;;/h5-12,19-20,24-26,28,30,35,38,48,50-51,53,56H,13-18,44-45H2,1-4H3,(H,46,54);2*1H/t20-,24+,25-,26-,28-,30-,35+,38-,43-;;/m0../s1. The van der Waals surface area contributed by atoms with Gasteiger partial charge in [-0.25, -0.2) is 4.79 Å². The Balaban J connectivity index is 0.00000422. The van der Waals surface area contributed by atoms with E-state index in [0.29, 0.717) is 0 Å². The molecule has 338 valence electrons. The number of nitrogens with two attached hydrogens (primary N) is 2. The zero-order chi connectivity index (χ0) is 43.8. The summed E-state index contributed by atoms with van der Waals surface area (Å²) in [6.45, 7) is 4.06. The highest BCUT2D eigenvalue weighted by Crippen LogP contribution is 2.52. The number of aromatic hydroxyl groups is 2. The number of nitrogens with one attached hydrogen (secondary N) is 1. The van der Waals surface area contributed by atoms with Crippen LogP contribution in [0.25, 0.3) is 0 Å². The van der Waals surface area contributed by atoms with Gasteiger partial charge in [0.05, 0.1) is 42.1 Å². The average molecular weight is 907 g/mol. The van der Waals surface area contributed by atoms with Crippen molar-refractivity contribution in [3.8, 4) is 17.2 Å². The van der Waals surface area contributed by atoms with Gasteiger partial charge in [-0.1, -0.05) is 56.3 Å². The molecule has 1 saturated heterocycles. The van der Waals surface area contributed by atoms with E-state index in [0.717, 1.165) is 5.56 Å². The Labute approximate surface area is 369 Å². The molecule has 19 heteroatoms. The summed E-state index contributed by atoms with van der Waals surface area (Å²) in [7, 11) is 1.30. The van der Waals surface area contributed by atoms with Crippen molar-refractivity contribution in [2.45, 2.75) is 107 Å². The molecule has 62 heavy (non-hydrogen) atoms. The van der Waals surface area contributed by atoms with Gasteiger partial charge in [0, 0.05) is 48.0 Å². The number of benzene rings is 3. The van der Waals surface area contributed by atoms with Crippen molar-refractivity contribution in [1.29, 1.82) is 0 Å². The Hall–Kier alpha value is -4.69. The molecule has 0 radical (unpaired) electrons. The van der Waals surface area contributed by atoms with Crippen molar-refractivity contribution in [3.63, 3.8) is 0 Å². The first-order chi connectivity index (χ1) is 28.4. The van der Waals surface area contributed by atoms with Crippen LogP contribution in [0, 0.1) is 5.92 Å². The van der Waals surface area contributed by atoms with E-state index in [1.807, 2.05) is 6.07 Å². The third kappa shape index (κ3) is 9.91. The van der Waals surface area contributed by atoms with E-state index in [4.69, 9.17) is 30.4 Å². The molecule has 2 aliphatic carbocycles. The minimum Gasteiger partial charge on any atom is -0.507 e. The number of esters is 1. The summed E-state index contributed by atoms with van der Waals surface area (Å²) in [6.07, 6.45) is -7.49. The van der Waals surface area contributed by atoms with Gasteiger partial charge in [0.1, 0.15) is 35.0 Å². The minimum absolute atomic E-state index is 0. The predicted octanol–water partition coefficient (Wildman–Crippen LogP) is 1.86. The lowest BCUT2D eigenvalue weighted by Gasteiger charge is -2.42. The maximum Gasteiger partial charge on any atom is 0.329 e. The molecule has 17 nitrogen and oxygen atoms in total. The third-order valence-electron chi connectivity index (χ3n) is 11.3. The number of methoxy groups -OCH3 is 1. The SMILES string of the molecule is COc1cccc2c1C(=O)c1c(O)c3c(c(O)c1C2=O)C[C@@](O)(C(=O)COC(=O)[C@H](CC(C)C)NC(=O)[C@@H](O)[C@H](N)Cc1ccccc1)C[C@@H]3O[C@H]1C[C@H](N)[C@H](O)[C@H](C)O1.Cl.Cl. The van der Waals surface area contributed by atoms with Crippen molar-refractivity contribution in [1.82, 2.24) is 5.32 Å². The fourth-order valence-corrected chi connectivity index (χ4v) is 8.11. The molecule has 1 heterocycles. The zero-order valence-corrected chi connectivity index (χ0v) is 36.1. The number of hydrogen-bond acceptors (Lipinski definition) is 16. The van der Waals surface area contributed by atoms with Gasteiger partial charge >= 0.3 is 5.97 Å². The number of halogens is 2. The molecule has 0 saturated carbocycles. The first kappa shape index (κ1) is 50.0. The number of hydrogen-bond donors (Lipinski definition) is 8. The maximum atomic E-state index is 14.0. The van der Waals surface area contributed by atoms with Gasteiger partial charge in [-0.2, -0.15) is 0 Å². The molecule has 0 unspecified atom stereocenters. The van der Waals surface area contributed by atoms with Crippen molar-refractivity contribution in [2.75, 3.05) is 13.7 Å². The second-order valence-electron chi connectivity index (χ2n) is 16.1. The number of ether oxygens (including phenoxy) is 4. The Morgan fingerprint density at radius 1 is 0.984 bits per heavy atom. The highest BCUT2D eigenvalue weighted by atomic mass is 35.5. The molecular formula is C43H53Cl2N3O14. The van der Waals surface area contributed by atoms with Crippen LogP contribution in [0.2, 0.25) is 0 Å². The van der Waals surface area contributed by atoms with Gasteiger partial charge < -0.3 is 61.3 Å². The van der Waals surface area contributed by atoms with Crippen molar-refractivity contribution < 1.29 is 68.5 Å². The lowest BCUT2D eigenvalue weighted by Crippen LogP contribution is -2.53. The van der Waals surface area contributed by atoms with Crippen LogP contribution in [0.5, 0.6) is 17.2 Å². The van der Waals surface area contributed by atoms with Crippen LogP contribution < -0.4 is 21.5 Å². The van der Waals surface area contributed by atoms with Gasteiger partial charge in [-0.3, -0.25) is 19.2 Å². The first-order valence-corrected chi connectivity index (χ1v) is 19.7. The van der Waals surface area contributed by atoms with Crippen molar-refractivity contribution in [2.24, 2.45) is 17.4 Å². The second-order valence-corrected chi connectivity index (χ2v) is 16.1. The Kier molecular flexibility index (Phi) is 16.3. The normalized spacial score (nSPS) is 24.2. The van der Waals surface area contributed by atoms with Gasteiger partial charge in [-0.05, 0) is 37.3 Å². The molecular weight excluding hydrogens is 853 g/mol. The molecule has 1 aliphatic heterocycles. The summed E-state index contributed by atoms with van der Waals surface area (Å²) < 4.78 is 22.7. The molecule has 10 N–H and O–H groups in total. The number of phenolic OH excluding ortho intramolecular Hbond substituents is 2. The lowest BCUT2D eigenvalue weighted by atomic mass is 9.72. The van der Waals surface area contributed by atoms with Crippen LogP contribution in [0.15, 0.2) is 48.5 Å². The van der Waals surface area contributed by atoms with E-state index >= 15 is 0 Å². The minimum atomic E-state index is -2.49. The van der Waals surface area contributed by atoms with Gasteiger partial charge in [0.25, 0.3) is 5.91 Å². The Bertz CT molecular complexity index is 2160. The number of amides is 1. The fourth-order valence-electron chi connectivity index (χ4n) is 8.11. The molecule has 1 fully saturated rings. The lowest BCUT2D eigenvalue weighted by molar-refractivity contribution is -0.247. The number of carbonyl (C=O) groups excluding carboxylic acids is 5. The highest BCUT2D eigenvalue weighted by molar-refractivity contribution is 6.31. The van der Waals surface area contributed by atoms with Crippen molar-refractivity contribution in [3.05, 3.63) is 87.5 Å². The van der Waals surface area contributed by atoms with E-state index < -0.39 is 126 Å². The topological polar surface area (TPSA) is 287 Å². The number of rotatable bonds is 14. The number of aliphatic hydroxyl groups excluding tert-OH is 2. The fraction of sp³-hybridized carbons (Fsp3) is 0.465. The number of phenols is 2. The van der Waals surface area contributed by atoms with Gasteiger partial charge in [0.2, 0.25) is 11.6 Å². The molecule has 0 aromatic heterocycles. The largest absolute Gasteiger partial charge is 0.507 e. The summed E-state index contributed by atoms with van der Waals surface area (Å²) >= 11 is 0. The summed E-state index contributed by atoms with van der Waals surface area (Å²) in [5.74, 6) is -6.40. The summed E-state index contributed by atoms with van der Waals surface area (Å²) in [5.41, 5.74) is 8.68. The first-order valence-electron chi connectivity index (χ1n) is 19.7. The molecule has 6 rings (SSSR count). The molecule has 0 spiro atoms. The number of carbonyl (C=O) groups is 5. The zero-order valence-electron chi connectivity index (χ0n) is 34.4. The predicted molar refractivity (Wildman–Crippen MR) is 226 cm³/mol. The second kappa shape index (κ2) is 20.2. The summed E-state index contributed by atoms with van der Waals surface area (Å²) in [5, 5.41) is 59.3. The van der Waals surface area contributed by atoms with E-state index in [9.17, 15) is 49.5 Å². The van der Waals surface area contributed by atoms with Crippen LogP contribution in [-0.2, 0) is 41.4 Å². The molecule has 9 atom stereocenters. The average Bonchev–Trinajstić information content (AvgIpc) is 3.21. The van der Waals surface area contributed by atoms with E-state index in [2.05, 4.69) is 5.32 Å². The molecule has 3 aromatic rings. The van der Waals surface area contributed by atoms with Crippen LogP contribution in [-0.4, -0.2) is 117 Å². The third-order valence-corrected chi connectivity index (χ3v) is 11.3. The molecule has 1 amide bonds. The molecule has 0 bridgehead atoms. The van der Waals surface area contributed by atoms with Crippen LogP contribution in [0.4, 0.5) is 0 Å². The Morgan fingerprint density at radius 2 is 1.65 bits per heavy atom. The van der Waals surface area contributed by atoms with E-state index in [-0.39, 0.29) is 78.0 Å². The maximum absolute atomic E-state index is 14.0. The number of aliphatic hydroxyl groups is 3. The van der Waals surface area contributed by atoms with Crippen LogP contribution in [0.1, 0.15) is 94.7 Å². The monoisotopic (exact) mass is 905 g/mol. The molecule has 3 aliphatic rings. The Morgan fingerprint density at radius 3 is 2.27 bits per heavy atom. The highest BCUT2D eigenvalue weighted by Gasteiger charge is 2.51. The van der Waals surface area contributed by atoms with Crippen molar-refractivity contribution >= 4 is 54.0 Å². The smallest absolute Gasteiger partial charge is 0.329 e. The summed E-state index contributed by atoms with van der Waals surface area (Å²) in [6, 6.07) is 10.1. The molecule has 3 aromatic carbocycles. The van der Waals surface area contributed by atoms with E-state index in [1.54, 1.807) is 45.0 Å². The number of fused-ring (bicyclic) bond motifs is 3. The quantitative estimate of drug-likeness (QED) is 0.0662. The number of ketones is 3. The summed E-state index contributed by atoms with van der Waals surface area (Å²) in [4.78, 5) is 68.5. The van der Waals surface area contributed by atoms with Gasteiger partial charge in [0.15, 0.2) is 18.7 Å². The number of Topliss-reactive ketones (excluding diaryl/α,β-unsaturated/α-hetero) is 1.